The van der Waals surface area contributed by atoms with Gasteiger partial charge in [0.15, 0.2) is 0 Å². The molecule has 6 nitrogen and oxygen atoms in total. The van der Waals surface area contributed by atoms with E-state index in [2.05, 4.69) is 18.9 Å². The summed E-state index contributed by atoms with van der Waals surface area (Å²) in [6.07, 6.45) is 1.66. The van der Waals surface area contributed by atoms with Crippen LogP contribution in [0.2, 0.25) is 0 Å². The van der Waals surface area contributed by atoms with Crippen molar-refractivity contribution < 1.29 is 8.42 Å². The predicted octanol–water partition coefficient (Wildman–Crippen LogP) is 1.90. The third kappa shape index (κ3) is 3.78. The minimum atomic E-state index is -3.48. The Labute approximate surface area is 140 Å². The second-order valence-corrected chi connectivity index (χ2v) is 9.05. The summed E-state index contributed by atoms with van der Waals surface area (Å²) in [5.41, 5.74) is 7.29. The minimum Gasteiger partial charge on any atom is -0.328 e. The van der Waals surface area contributed by atoms with Crippen LogP contribution in [-0.4, -0.2) is 41.6 Å². The molecule has 2 N–H and O–H groups in total. The van der Waals surface area contributed by atoms with Crippen molar-refractivity contribution in [3.05, 3.63) is 11.4 Å². The zero-order valence-corrected chi connectivity index (χ0v) is 15.7. The molecule has 0 radical (unpaired) electrons. The van der Waals surface area contributed by atoms with Gasteiger partial charge >= 0.3 is 0 Å². The maximum Gasteiger partial charge on any atom is 0.246 e. The van der Waals surface area contributed by atoms with Gasteiger partial charge in [-0.25, -0.2) is 8.42 Å². The van der Waals surface area contributed by atoms with Gasteiger partial charge in [0.05, 0.1) is 11.4 Å². The van der Waals surface area contributed by atoms with Crippen molar-refractivity contribution in [3.8, 4) is 0 Å². The molecule has 0 aromatic carbocycles. The van der Waals surface area contributed by atoms with Crippen LogP contribution in [0, 0.1) is 25.7 Å². The molecule has 23 heavy (non-hydrogen) atoms. The van der Waals surface area contributed by atoms with Gasteiger partial charge in [-0.05, 0) is 45.4 Å². The predicted molar refractivity (Wildman–Crippen MR) is 91.7 cm³/mol. The minimum absolute atomic E-state index is 0.122. The van der Waals surface area contributed by atoms with Crippen molar-refractivity contribution in [2.45, 2.75) is 64.9 Å². The Hall–Kier alpha value is -0.920. The van der Waals surface area contributed by atoms with Crippen LogP contribution in [0.5, 0.6) is 0 Å². The number of aryl methyl sites for hydroxylation is 1. The molecule has 0 saturated carbocycles. The molecule has 1 aromatic rings. The first-order valence-electron chi connectivity index (χ1n) is 8.44. The highest BCUT2D eigenvalue weighted by Gasteiger charge is 2.34. The SMILES string of the molecule is Cc1nn(CC(C)C)c(C)c1S(=O)(=O)N1CCC(C(C)N)CC1. The smallest absolute Gasteiger partial charge is 0.246 e. The van der Waals surface area contributed by atoms with Crippen LogP contribution in [0.1, 0.15) is 45.0 Å². The summed E-state index contributed by atoms with van der Waals surface area (Å²) in [6, 6.07) is 0.122. The van der Waals surface area contributed by atoms with E-state index in [-0.39, 0.29) is 6.04 Å². The lowest BCUT2D eigenvalue weighted by molar-refractivity contribution is 0.250. The number of piperidine rings is 1. The number of rotatable bonds is 5. The highest BCUT2D eigenvalue weighted by Crippen LogP contribution is 2.28. The monoisotopic (exact) mass is 342 g/mol. The Bertz CT molecular complexity index is 641. The quantitative estimate of drug-likeness (QED) is 0.886. The molecule has 7 heteroatoms. The Morgan fingerprint density at radius 1 is 1.22 bits per heavy atom. The molecule has 1 aliphatic heterocycles. The average Bonchev–Trinajstić information content (AvgIpc) is 2.73. The summed E-state index contributed by atoms with van der Waals surface area (Å²) in [6.45, 7) is 11.7. The lowest BCUT2D eigenvalue weighted by Gasteiger charge is -2.33. The Morgan fingerprint density at radius 3 is 2.26 bits per heavy atom. The van der Waals surface area contributed by atoms with E-state index in [1.165, 1.54) is 0 Å². The summed E-state index contributed by atoms with van der Waals surface area (Å²) in [5, 5.41) is 4.45. The van der Waals surface area contributed by atoms with E-state index in [9.17, 15) is 8.42 Å². The third-order valence-electron chi connectivity index (χ3n) is 4.69. The summed E-state index contributed by atoms with van der Waals surface area (Å²) < 4.78 is 29.5. The summed E-state index contributed by atoms with van der Waals surface area (Å²) in [7, 11) is -3.48. The molecule has 2 rings (SSSR count). The van der Waals surface area contributed by atoms with Gasteiger partial charge in [-0.15, -0.1) is 0 Å². The largest absolute Gasteiger partial charge is 0.328 e. The van der Waals surface area contributed by atoms with Crippen LogP contribution in [0.15, 0.2) is 4.90 Å². The maximum atomic E-state index is 13.0. The first-order chi connectivity index (χ1) is 10.6. The number of aromatic nitrogens is 2. The highest BCUT2D eigenvalue weighted by molar-refractivity contribution is 7.89. The zero-order valence-electron chi connectivity index (χ0n) is 14.9. The van der Waals surface area contributed by atoms with Crippen molar-refractivity contribution in [3.63, 3.8) is 0 Å². The second-order valence-electron chi connectivity index (χ2n) is 7.18. The summed E-state index contributed by atoms with van der Waals surface area (Å²) in [4.78, 5) is 0.386. The molecular weight excluding hydrogens is 312 g/mol. The van der Waals surface area contributed by atoms with Gasteiger partial charge in [0.2, 0.25) is 10.0 Å². The van der Waals surface area contributed by atoms with Gasteiger partial charge in [-0.3, -0.25) is 4.68 Å². The molecule has 1 saturated heterocycles. The van der Waals surface area contributed by atoms with Crippen LogP contribution in [0.3, 0.4) is 0 Å². The van der Waals surface area contributed by atoms with Crippen molar-refractivity contribution in [1.29, 1.82) is 0 Å². The van der Waals surface area contributed by atoms with E-state index in [4.69, 9.17) is 5.73 Å². The van der Waals surface area contributed by atoms with Gasteiger partial charge in [0.25, 0.3) is 0 Å². The van der Waals surface area contributed by atoms with E-state index in [0.717, 1.165) is 25.1 Å². The van der Waals surface area contributed by atoms with Gasteiger partial charge in [-0.1, -0.05) is 13.8 Å². The standard InChI is InChI=1S/C16H30N4O2S/c1-11(2)10-20-14(5)16(13(4)18-20)23(21,22)19-8-6-15(7-9-19)12(3)17/h11-12,15H,6-10,17H2,1-5H3. The number of hydrogen-bond acceptors (Lipinski definition) is 4. The molecule has 1 aromatic heterocycles. The van der Waals surface area contributed by atoms with Gasteiger partial charge in [0, 0.05) is 25.7 Å². The van der Waals surface area contributed by atoms with Crippen molar-refractivity contribution in [2.24, 2.45) is 17.6 Å². The van der Waals surface area contributed by atoms with E-state index < -0.39 is 10.0 Å². The van der Waals surface area contributed by atoms with Crippen molar-refractivity contribution in [2.75, 3.05) is 13.1 Å². The third-order valence-corrected chi connectivity index (χ3v) is 6.84. The molecule has 132 valence electrons. The molecular formula is C16H30N4O2S. The maximum absolute atomic E-state index is 13.0. The Morgan fingerprint density at radius 2 is 1.78 bits per heavy atom. The van der Waals surface area contributed by atoms with E-state index in [0.29, 0.717) is 35.5 Å². The van der Waals surface area contributed by atoms with E-state index in [1.807, 2.05) is 18.5 Å². The first-order valence-corrected chi connectivity index (χ1v) is 9.88. The highest BCUT2D eigenvalue weighted by atomic mass is 32.2. The number of nitrogens with zero attached hydrogens (tertiary/aromatic N) is 3. The van der Waals surface area contributed by atoms with Crippen molar-refractivity contribution >= 4 is 10.0 Å². The Balaban J connectivity index is 2.25. The van der Waals surface area contributed by atoms with Crippen LogP contribution >= 0.6 is 0 Å². The second kappa shape index (κ2) is 6.91. The fraction of sp³-hybridized carbons (Fsp3) is 0.812. The van der Waals surface area contributed by atoms with Gasteiger partial charge in [0.1, 0.15) is 4.90 Å². The fourth-order valence-corrected chi connectivity index (χ4v) is 5.19. The zero-order chi connectivity index (χ0) is 17.4. The van der Waals surface area contributed by atoms with Crippen LogP contribution < -0.4 is 5.73 Å². The first kappa shape index (κ1) is 18.4. The number of sulfonamides is 1. The van der Waals surface area contributed by atoms with Crippen molar-refractivity contribution in [1.82, 2.24) is 14.1 Å². The summed E-state index contributed by atoms with van der Waals surface area (Å²) >= 11 is 0. The van der Waals surface area contributed by atoms with Gasteiger partial charge in [-0.2, -0.15) is 9.40 Å². The average molecular weight is 343 g/mol. The Kier molecular flexibility index (Phi) is 5.53. The molecule has 1 aliphatic rings. The van der Waals surface area contributed by atoms with E-state index in [1.54, 1.807) is 11.2 Å². The molecule has 0 aliphatic carbocycles. The molecule has 2 heterocycles. The molecule has 0 bridgehead atoms. The molecule has 0 amide bonds. The molecule has 1 atom stereocenters. The number of nitrogens with two attached hydrogens (primary N) is 1. The molecule has 1 fully saturated rings. The lowest BCUT2D eigenvalue weighted by atomic mass is 9.92. The van der Waals surface area contributed by atoms with E-state index >= 15 is 0 Å². The normalized spacial score (nSPS) is 19.4. The summed E-state index contributed by atoms with van der Waals surface area (Å²) in [5.74, 6) is 0.831. The van der Waals surface area contributed by atoms with Gasteiger partial charge < -0.3 is 5.73 Å². The van der Waals surface area contributed by atoms with Crippen LogP contribution in [0.25, 0.3) is 0 Å². The fourth-order valence-electron chi connectivity index (χ4n) is 3.35. The molecule has 1 unspecified atom stereocenters. The molecule has 0 spiro atoms. The van der Waals surface area contributed by atoms with Crippen LogP contribution in [-0.2, 0) is 16.6 Å². The topological polar surface area (TPSA) is 81.2 Å². The van der Waals surface area contributed by atoms with Crippen LogP contribution in [0.4, 0.5) is 0 Å². The number of hydrogen-bond donors (Lipinski definition) is 1. The lowest BCUT2D eigenvalue weighted by Crippen LogP contribution is -2.42.